The van der Waals surface area contributed by atoms with Crippen LogP contribution in [0.1, 0.15) is 37.0 Å². The molecule has 1 aromatic carbocycles. The molecule has 0 atom stereocenters. The van der Waals surface area contributed by atoms with Crippen LogP contribution in [0.15, 0.2) is 18.2 Å². The largest absolute Gasteiger partial charge is 0.493 e. The van der Waals surface area contributed by atoms with Crippen LogP contribution in [-0.4, -0.2) is 17.7 Å². The normalized spacial score (nSPS) is 10.6. The Hall–Kier alpha value is -1.58. The van der Waals surface area contributed by atoms with Crippen molar-refractivity contribution in [1.82, 2.24) is 0 Å². The van der Waals surface area contributed by atoms with Crippen LogP contribution < -0.4 is 4.74 Å². The van der Waals surface area contributed by atoms with Gasteiger partial charge in [0.2, 0.25) is 0 Å². The molecule has 3 nitrogen and oxygen atoms in total. The van der Waals surface area contributed by atoms with Crippen molar-refractivity contribution < 1.29 is 19.0 Å². The number of carboxylic acids is 1. The van der Waals surface area contributed by atoms with Crippen LogP contribution in [0.2, 0.25) is 0 Å². The van der Waals surface area contributed by atoms with Gasteiger partial charge in [0.25, 0.3) is 0 Å². The molecule has 0 bridgehead atoms. The van der Waals surface area contributed by atoms with Crippen molar-refractivity contribution in [1.29, 1.82) is 0 Å². The van der Waals surface area contributed by atoms with E-state index in [1.54, 1.807) is 0 Å². The lowest BCUT2D eigenvalue weighted by Gasteiger charge is -2.10. The predicted molar refractivity (Wildman–Crippen MR) is 62.9 cm³/mol. The number of hydrogen-bond donors (Lipinski definition) is 1. The minimum Gasteiger partial charge on any atom is -0.493 e. The van der Waals surface area contributed by atoms with Crippen molar-refractivity contribution in [3.05, 3.63) is 29.6 Å². The minimum atomic E-state index is -1.11. The molecule has 17 heavy (non-hydrogen) atoms. The fraction of sp³-hybridized carbons (Fsp3) is 0.462. The maximum absolute atomic E-state index is 13.0. The van der Waals surface area contributed by atoms with E-state index in [0.29, 0.717) is 12.5 Å². The quantitative estimate of drug-likeness (QED) is 0.776. The molecule has 0 spiro atoms. The fourth-order valence-electron chi connectivity index (χ4n) is 1.47. The fourth-order valence-corrected chi connectivity index (χ4v) is 1.47. The number of benzene rings is 1. The van der Waals surface area contributed by atoms with Gasteiger partial charge in [0, 0.05) is 6.07 Å². The van der Waals surface area contributed by atoms with Gasteiger partial charge in [0.15, 0.2) is 0 Å². The van der Waals surface area contributed by atoms with Crippen molar-refractivity contribution in [2.75, 3.05) is 6.61 Å². The highest BCUT2D eigenvalue weighted by Gasteiger charge is 2.12. The van der Waals surface area contributed by atoms with Crippen molar-refractivity contribution in [3.63, 3.8) is 0 Å². The van der Waals surface area contributed by atoms with E-state index in [0.717, 1.165) is 25.0 Å². The Balaban J connectivity index is 2.62. The maximum atomic E-state index is 13.0. The first kappa shape index (κ1) is 13.5. The standard InChI is InChI=1S/C13H17FO3/c1-9(2)4-3-7-17-12-8-10(14)5-6-11(12)13(15)16/h5-6,8-9H,3-4,7H2,1-2H3,(H,15,16). The van der Waals surface area contributed by atoms with Gasteiger partial charge < -0.3 is 9.84 Å². The second-order valence-electron chi connectivity index (χ2n) is 4.33. The van der Waals surface area contributed by atoms with Crippen LogP contribution in [0.4, 0.5) is 4.39 Å². The van der Waals surface area contributed by atoms with Gasteiger partial charge in [-0.2, -0.15) is 0 Å². The van der Waals surface area contributed by atoms with Crippen LogP contribution in [0.3, 0.4) is 0 Å². The summed E-state index contributed by atoms with van der Waals surface area (Å²) in [6.45, 7) is 4.61. The zero-order valence-corrected chi connectivity index (χ0v) is 10.1. The van der Waals surface area contributed by atoms with E-state index in [9.17, 15) is 9.18 Å². The highest BCUT2D eigenvalue weighted by molar-refractivity contribution is 5.90. The average molecular weight is 240 g/mol. The molecule has 0 aromatic heterocycles. The summed E-state index contributed by atoms with van der Waals surface area (Å²) in [5.74, 6) is -0.927. The van der Waals surface area contributed by atoms with Crippen LogP contribution in [-0.2, 0) is 0 Å². The molecule has 1 rings (SSSR count). The Kier molecular flexibility index (Phi) is 4.94. The first-order valence-electron chi connectivity index (χ1n) is 5.66. The number of aromatic carboxylic acids is 1. The highest BCUT2D eigenvalue weighted by atomic mass is 19.1. The second-order valence-corrected chi connectivity index (χ2v) is 4.33. The van der Waals surface area contributed by atoms with E-state index >= 15 is 0 Å². The third-order valence-electron chi connectivity index (χ3n) is 2.36. The van der Waals surface area contributed by atoms with E-state index in [4.69, 9.17) is 9.84 Å². The van der Waals surface area contributed by atoms with Gasteiger partial charge in [0.1, 0.15) is 17.1 Å². The first-order chi connectivity index (χ1) is 8.00. The molecule has 0 unspecified atom stereocenters. The second kappa shape index (κ2) is 6.23. The first-order valence-corrected chi connectivity index (χ1v) is 5.66. The van der Waals surface area contributed by atoms with E-state index < -0.39 is 11.8 Å². The number of carboxylic acid groups (broad SMARTS) is 1. The van der Waals surface area contributed by atoms with Gasteiger partial charge in [-0.05, 0) is 30.9 Å². The number of rotatable bonds is 6. The summed E-state index contributed by atoms with van der Waals surface area (Å²) in [5.41, 5.74) is -0.00375. The summed E-state index contributed by atoms with van der Waals surface area (Å²) in [6, 6.07) is 3.44. The van der Waals surface area contributed by atoms with Gasteiger partial charge in [-0.25, -0.2) is 9.18 Å². The molecule has 1 N–H and O–H groups in total. The summed E-state index contributed by atoms with van der Waals surface area (Å²) in [5, 5.41) is 8.90. The van der Waals surface area contributed by atoms with Gasteiger partial charge >= 0.3 is 5.97 Å². The molecule has 94 valence electrons. The van der Waals surface area contributed by atoms with E-state index in [1.165, 1.54) is 6.07 Å². The highest BCUT2D eigenvalue weighted by Crippen LogP contribution is 2.20. The van der Waals surface area contributed by atoms with Gasteiger partial charge in [-0.15, -0.1) is 0 Å². The van der Waals surface area contributed by atoms with E-state index in [1.807, 2.05) is 0 Å². The molecular weight excluding hydrogens is 223 g/mol. The molecule has 0 saturated heterocycles. The SMILES string of the molecule is CC(C)CCCOc1cc(F)ccc1C(=O)O. The topological polar surface area (TPSA) is 46.5 Å². The molecule has 4 heteroatoms. The maximum Gasteiger partial charge on any atom is 0.339 e. The molecule has 0 fully saturated rings. The zero-order chi connectivity index (χ0) is 12.8. The smallest absolute Gasteiger partial charge is 0.339 e. The van der Waals surface area contributed by atoms with Gasteiger partial charge in [0.05, 0.1) is 6.61 Å². The molecule has 0 heterocycles. The van der Waals surface area contributed by atoms with Gasteiger partial charge in [-0.3, -0.25) is 0 Å². The summed E-state index contributed by atoms with van der Waals surface area (Å²) < 4.78 is 18.3. The Morgan fingerprint density at radius 2 is 2.18 bits per heavy atom. The molecule has 0 radical (unpaired) electrons. The summed E-state index contributed by atoms with van der Waals surface area (Å²) >= 11 is 0. The third kappa shape index (κ3) is 4.43. The lowest BCUT2D eigenvalue weighted by atomic mass is 10.1. The van der Waals surface area contributed by atoms with Crippen LogP contribution in [0.5, 0.6) is 5.75 Å². The van der Waals surface area contributed by atoms with Crippen LogP contribution in [0.25, 0.3) is 0 Å². The summed E-state index contributed by atoms with van der Waals surface area (Å²) in [4.78, 5) is 10.9. The number of halogens is 1. The summed E-state index contributed by atoms with van der Waals surface area (Å²) in [6.07, 6.45) is 1.82. The van der Waals surface area contributed by atoms with Gasteiger partial charge in [-0.1, -0.05) is 13.8 Å². The Morgan fingerprint density at radius 3 is 2.76 bits per heavy atom. The predicted octanol–water partition coefficient (Wildman–Crippen LogP) is 3.34. The zero-order valence-electron chi connectivity index (χ0n) is 10.1. The monoisotopic (exact) mass is 240 g/mol. The Labute approximate surface area is 100 Å². The molecular formula is C13H17FO3. The van der Waals surface area contributed by atoms with Crippen molar-refractivity contribution in [2.45, 2.75) is 26.7 Å². The molecule has 0 amide bonds. The van der Waals surface area contributed by atoms with E-state index in [2.05, 4.69) is 13.8 Å². The summed E-state index contributed by atoms with van der Waals surface area (Å²) in [7, 11) is 0. The minimum absolute atomic E-state index is 0.00375. The molecule has 0 aliphatic rings. The third-order valence-corrected chi connectivity index (χ3v) is 2.36. The average Bonchev–Trinajstić information content (AvgIpc) is 2.23. The Bertz CT molecular complexity index is 388. The number of ether oxygens (including phenoxy) is 1. The van der Waals surface area contributed by atoms with Crippen LogP contribution in [0, 0.1) is 11.7 Å². The molecule has 0 saturated carbocycles. The molecule has 1 aromatic rings. The lowest BCUT2D eigenvalue weighted by Crippen LogP contribution is -2.05. The van der Waals surface area contributed by atoms with E-state index in [-0.39, 0.29) is 11.3 Å². The molecule has 0 aliphatic heterocycles. The van der Waals surface area contributed by atoms with Crippen molar-refractivity contribution in [3.8, 4) is 5.75 Å². The van der Waals surface area contributed by atoms with Crippen molar-refractivity contribution in [2.24, 2.45) is 5.92 Å². The molecule has 0 aliphatic carbocycles. The lowest BCUT2D eigenvalue weighted by molar-refractivity contribution is 0.0692. The van der Waals surface area contributed by atoms with Crippen molar-refractivity contribution >= 4 is 5.97 Å². The number of hydrogen-bond acceptors (Lipinski definition) is 2. The number of carbonyl (C=O) groups is 1. The Morgan fingerprint density at radius 1 is 1.47 bits per heavy atom. The van der Waals surface area contributed by atoms with Crippen LogP contribution >= 0.6 is 0 Å².